The van der Waals surface area contributed by atoms with E-state index in [9.17, 15) is 9.18 Å². The normalized spacial score (nSPS) is 10.2. The Morgan fingerprint density at radius 1 is 1.21 bits per heavy atom. The smallest absolute Gasteiger partial charge is 0.228 e. The van der Waals surface area contributed by atoms with E-state index in [1.54, 1.807) is 30.3 Å². The molecule has 0 spiro atoms. The third-order valence-corrected chi connectivity index (χ3v) is 2.86. The first-order valence-corrected chi connectivity index (χ1v) is 6.02. The average molecular weight is 279 g/mol. The van der Waals surface area contributed by atoms with Crippen LogP contribution < -0.4 is 11.1 Å². The van der Waals surface area contributed by atoms with Crippen molar-refractivity contribution in [2.45, 2.75) is 6.42 Å². The molecule has 0 aliphatic heterocycles. The van der Waals surface area contributed by atoms with Crippen LogP contribution in [0.15, 0.2) is 42.5 Å². The van der Waals surface area contributed by atoms with E-state index >= 15 is 0 Å². The molecule has 2 aromatic rings. The number of carbonyl (C=O) groups is 1. The maximum atomic E-state index is 12.7. The van der Waals surface area contributed by atoms with Crippen LogP contribution in [0.2, 0.25) is 5.02 Å². The fraction of sp³-hybridized carbons (Fsp3) is 0.0714. The van der Waals surface area contributed by atoms with Gasteiger partial charge in [-0.3, -0.25) is 4.79 Å². The van der Waals surface area contributed by atoms with E-state index in [1.165, 1.54) is 12.1 Å². The zero-order chi connectivity index (χ0) is 13.8. The van der Waals surface area contributed by atoms with Crippen LogP contribution in [-0.2, 0) is 11.2 Å². The van der Waals surface area contributed by atoms with Crippen LogP contribution in [0.25, 0.3) is 0 Å². The van der Waals surface area contributed by atoms with Gasteiger partial charge in [0.15, 0.2) is 0 Å². The summed E-state index contributed by atoms with van der Waals surface area (Å²) in [5.74, 6) is -0.552. The zero-order valence-electron chi connectivity index (χ0n) is 9.99. The summed E-state index contributed by atoms with van der Waals surface area (Å²) in [7, 11) is 0. The number of anilines is 2. The molecule has 2 rings (SSSR count). The number of nitrogens with two attached hydrogens (primary N) is 1. The van der Waals surface area contributed by atoms with Crippen molar-refractivity contribution in [3.8, 4) is 0 Å². The molecule has 3 N–H and O–H groups in total. The Kier molecular flexibility index (Phi) is 4.02. The van der Waals surface area contributed by atoms with E-state index in [0.29, 0.717) is 16.4 Å². The standard InChI is InChI=1S/C14H12ClFN2O/c15-12-8-11(17)5-6-13(12)18-14(19)7-9-1-3-10(16)4-2-9/h1-6,8H,7,17H2,(H,18,19). The van der Waals surface area contributed by atoms with Gasteiger partial charge < -0.3 is 11.1 Å². The van der Waals surface area contributed by atoms with E-state index in [-0.39, 0.29) is 18.1 Å². The molecule has 3 nitrogen and oxygen atoms in total. The maximum absolute atomic E-state index is 12.7. The number of hydrogen-bond donors (Lipinski definition) is 2. The fourth-order valence-corrected chi connectivity index (χ4v) is 1.85. The first-order chi connectivity index (χ1) is 9.04. The highest BCUT2D eigenvalue weighted by Gasteiger charge is 2.07. The van der Waals surface area contributed by atoms with Gasteiger partial charge in [0.2, 0.25) is 5.91 Å². The molecule has 0 radical (unpaired) electrons. The predicted molar refractivity (Wildman–Crippen MR) is 74.6 cm³/mol. The number of benzene rings is 2. The van der Waals surface area contributed by atoms with E-state index < -0.39 is 0 Å². The molecule has 0 fully saturated rings. The largest absolute Gasteiger partial charge is 0.399 e. The molecular weight excluding hydrogens is 267 g/mol. The molecule has 1 amide bonds. The molecule has 0 heterocycles. The molecular formula is C14H12ClFN2O. The number of hydrogen-bond acceptors (Lipinski definition) is 2. The molecule has 0 bridgehead atoms. The second kappa shape index (κ2) is 5.71. The maximum Gasteiger partial charge on any atom is 0.228 e. The molecule has 19 heavy (non-hydrogen) atoms. The monoisotopic (exact) mass is 278 g/mol. The second-order valence-electron chi connectivity index (χ2n) is 4.09. The summed E-state index contributed by atoms with van der Waals surface area (Å²) < 4.78 is 12.7. The first kappa shape index (κ1) is 13.4. The van der Waals surface area contributed by atoms with Crippen LogP contribution in [-0.4, -0.2) is 5.91 Å². The SMILES string of the molecule is Nc1ccc(NC(=O)Cc2ccc(F)cc2)c(Cl)c1. The molecule has 0 unspecified atom stereocenters. The van der Waals surface area contributed by atoms with E-state index in [1.807, 2.05) is 0 Å². The minimum absolute atomic E-state index is 0.154. The van der Waals surface area contributed by atoms with Gasteiger partial charge in [-0.05, 0) is 35.9 Å². The van der Waals surface area contributed by atoms with Crippen LogP contribution in [0.1, 0.15) is 5.56 Å². The summed E-state index contributed by atoms with van der Waals surface area (Å²) in [6.45, 7) is 0. The van der Waals surface area contributed by atoms with Crippen molar-refractivity contribution in [3.63, 3.8) is 0 Å². The lowest BCUT2D eigenvalue weighted by Crippen LogP contribution is -2.14. The Balaban J connectivity index is 2.03. The fourth-order valence-electron chi connectivity index (χ4n) is 1.61. The van der Waals surface area contributed by atoms with Crippen molar-refractivity contribution >= 4 is 28.9 Å². The summed E-state index contributed by atoms with van der Waals surface area (Å²) in [6, 6.07) is 10.6. The van der Waals surface area contributed by atoms with Crippen LogP contribution in [0.3, 0.4) is 0 Å². The molecule has 2 aromatic carbocycles. The molecule has 0 aliphatic rings. The Morgan fingerprint density at radius 3 is 2.53 bits per heavy atom. The van der Waals surface area contributed by atoms with Gasteiger partial charge in [-0.1, -0.05) is 23.7 Å². The Bertz CT molecular complexity index is 599. The van der Waals surface area contributed by atoms with Gasteiger partial charge in [-0.15, -0.1) is 0 Å². The van der Waals surface area contributed by atoms with Crippen molar-refractivity contribution in [1.29, 1.82) is 0 Å². The summed E-state index contributed by atoms with van der Waals surface area (Å²) >= 11 is 5.95. The van der Waals surface area contributed by atoms with Crippen molar-refractivity contribution in [2.24, 2.45) is 0 Å². The van der Waals surface area contributed by atoms with Gasteiger partial charge in [-0.25, -0.2) is 4.39 Å². The quantitative estimate of drug-likeness (QED) is 0.847. The lowest BCUT2D eigenvalue weighted by Gasteiger charge is -2.08. The summed E-state index contributed by atoms with van der Waals surface area (Å²) in [5, 5.41) is 3.06. The third kappa shape index (κ3) is 3.69. The Morgan fingerprint density at radius 2 is 1.89 bits per heavy atom. The number of nitrogen functional groups attached to an aromatic ring is 1. The van der Waals surface area contributed by atoms with Crippen molar-refractivity contribution < 1.29 is 9.18 Å². The highest BCUT2D eigenvalue weighted by Crippen LogP contribution is 2.24. The van der Waals surface area contributed by atoms with Crippen molar-refractivity contribution in [2.75, 3.05) is 11.1 Å². The third-order valence-electron chi connectivity index (χ3n) is 2.55. The Hall–Kier alpha value is -2.07. The second-order valence-corrected chi connectivity index (χ2v) is 4.50. The van der Waals surface area contributed by atoms with Gasteiger partial charge in [-0.2, -0.15) is 0 Å². The predicted octanol–water partition coefficient (Wildman–Crippen LogP) is 3.24. The van der Waals surface area contributed by atoms with Gasteiger partial charge in [0.05, 0.1) is 17.1 Å². The van der Waals surface area contributed by atoms with Crippen LogP contribution in [0.4, 0.5) is 15.8 Å². The number of halogens is 2. The molecule has 5 heteroatoms. The van der Waals surface area contributed by atoms with Crippen LogP contribution in [0.5, 0.6) is 0 Å². The van der Waals surface area contributed by atoms with Gasteiger partial charge in [0, 0.05) is 5.69 Å². The lowest BCUT2D eigenvalue weighted by molar-refractivity contribution is -0.115. The van der Waals surface area contributed by atoms with Crippen molar-refractivity contribution in [3.05, 3.63) is 58.9 Å². The molecule has 0 aromatic heterocycles. The minimum atomic E-state index is -0.328. The Labute approximate surface area is 115 Å². The number of rotatable bonds is 3. The highest BCUT2D eigenvalue weighted by molar-refractivity contribution is 6.34. The summed E-state index contributed by atoms with van der Waals surface area (Å²) in [4.78, 5) is 11.8. The van der Waals surface area contributed by atoms with E-state index in [4.69, 9.17) is 17.3 Å². The number of nitrogens with one attached hydrogen (secondary N) is 1. The first-order valence-electron chi connectivity index (χ1n) is 5.64. The summed E-state index contributed by atoms with van der Waals surface area (Å²) in [5.41, 5.74) is 7.32. The van der Waals surface area contributed by atoms with E-state index in [2.05, 4.69) is 5.32 Å². The van der Waals surface area contributed by atoms with Crippen LogP contribution >= 0.6 is 11.6 Å². The molecule has 0 saturated carbocycles. The highest BCUT2D eigenvalue weighted by atomic mass is 35.5. The molecule has 0 saturated heterocycles. The molecule has 0 aliphatic carbocycles. The molecule has 0 atom stereocenters. The number of amides is 1. The number of carbonyl (C=O) groups excluding carboxylic acids is 1. The topological polar surface area (TPSA) is 55.1 Å². The average Bonchev–Trinajstić information content (AvgIpc) is 2.36. The van der Waals surface area contributed by atoms with E-state index in [0.717, 1.165) is 5.56 Å². The van der Waals surface area contributed by atoms with Gasteiger partial charge >= 0.3 is 0 Å². The lowest BCUT2D eigenvalue weighted by atomic mass is 10.1. The van der Waals surface area contributed by atoms with Crippen LogP contribution in [0, 0.1) is 5.82 Å². The molecule has 98 valence electrons. The minimum Gasteiger partial charge on any atom is -0.399 e. The summed E-state index contributed by atoms with van der Waals surface area (Å²) in [6.07, 6.45) is 0.154. The van der Waals surface area contributed by atoms with Crippen molar-refractivity contribution in [1.82, 2.24) is 0 Å². The van der Waals surface area contributed by atoms with Gasteiger partial charge in [0.1, 0.15) is 5.82 Å². The zero-order valence-corrected chi connectivity index (χ0v) is 10.7. The van der Waals surface area contributed by atoms with Gasteiger partial charge in [0.25, 0.3) is 0 Å².